The molecule has 2 atom stereocenters. The molecule has 0 aliphatic heterocycles. The van der Waals surface area contributed by atoms with Gasteiger partial charge in [-0.2, -0.15) is 0 Å². The van der Waals surface area contributed by atoms with Gasteiger partial charge in [0, 0.05) is 17.0 Å². The summed E-state index contributed by atoms with van der Waals surface area (Å²) in [5, 5.41) is 64.9. The highest BCUT2D eigenvalue weighted by Crippen LogP contribution is 2.52. The highest BCUT2D eigenvalue weighted by molar-refractivity contribution is 6.00. The minimum absolute atomic E-state index is 0.0442. The normalized spacial score (nSPS) is 18.7. The lowest BCUT2D eigenvalue weighted by atomic mass is 9.66. The first-order chi connectivity index (χ1) is 21.9. The molecule has 0 amide bonds. The first kappa shape index (κ1) is 28.8. The van der Waals surface area contributed by atoms with E-state index in [1.54, 1.807) is 12.2 Å². The predicted molar refractivity (Wildman–Crippen MR) is 173 cm³/mol. The molecule has 10 nitrogen and oxygen atoms in total. The summed E-state index contributed by atoms with van der Waals surface area (Å²) in [7, 11) is 0. The standard InChI is InChI=1S/C36H28O10/c1-16-9-11-36(2,12-10-17-14-24(39)26-29(42)18-5-3-7-22(37)32(18)45-34(26)28(17)41)21(13-16)20-15-25(40)27-30(43)19-6-4-8-23(38)33(19)46-35(27)31(20)44/h3-8,10,12-15,21,37-41,44H,9,11H2,1-2H3/b12-10+/t21-,36-/m0/s1. The van der Waals surface area contributed by atoms with E-state index in [0.717, 1.165) is 5.57 Å². The van der Waals surface area contributed by atoms with E-state index < -0.39 is 39.4 Å². The fourth-order valence-electron chi connectivity index (χ4n) is 6.50. The van der Waals surface area contributed by atoms with Crippen LogP contribution in [0.4, 0.5) is 0 Å². The van der Waals surface area contributed by atoms with Crippen molar-refractivity contribution in [2.75, 3.05) is 0 Å². The molecule has 232 valence electrons. The van der Waals surface area contributed by atoms with Crippen molar-refractivity contribution in [1.29, 1.82) is 0 Å². The molecule has 6 N–H and O–H groups in total. The van der Waals surface area contributed by atoms with Gasteiger partial charge in [0.1, 0.15) is 22.3 Å². The zero-order valence-electron chi connectivity index (χ0n) is 24.7. The van der Waals surface area contributed by atoms with Crippen molar-refractivity contribution < 1.29 is 39.5 Å². The van der Waals surface area contributed by atoms with Gasteiger partial charge >= 0.3 is 0 Å². The fourth-order valence-corrected chi connectivity index (χ4v) is 6.50. The number of phenolic OH excluding ortho intramolecular Hbond substituents is 6. The molecule has 0 bridgehead atoms. The third-order valence-corrected chi connectivity index (χ3v) is 9.07. The van der Waals surface area contributed by atoms with Crippen molar-refractivity contribution >= 4 is 50.0 Å². The van der Waals surface area contributed by atoms with E-state index in [2.05, 4.69) is 0 Å². The van der Waals surface area contributed by atoms with Gasteiger partial charge in [-0.05, 0) is 61.6 Å². The van der Waals surface area contributed by atoms with Crippen LogP contribution in [0.2, 0.25) is 0 Å². The monoisotopic (exact) mass is 620 g/mol. The Labute approximate surface area is 259 Å². The molecule has 0 spiro atoms. The van der Waals surface area contributed by atoms with Crippen LogP contribution in [0.3, 0.4) is 0 Å². The Bertz CT molecular complexity index is 2470. The lowest BCUT2D eigenvalue weighted by Gasteiger charge is -2.38. The Kier molecular flexibility index (Phi) is 6.31. The van der Waals surface area contributed by atoms with E-state index in [-0.39, 0.29) is 72.3 Å². The molecule has 4 aromatic carbocycles. The topological polar surface area (TPSA) is 182 Å². The van der Waals surface area contributed by atoms with E-state index >= 15 is 0 Å². The summed E-state index contributed by atoms with van der Waals surface area (Å²) in [6.45, 7) is 3.86. The average Bonchev–Trinajstić information content (AvgIpc) is 3.02. The van der Waals surface area contributed by atoms with E-state index in [1.807, 2.05) is 19.9 Å². The Morgan fingerprint density at radius 1 is 0.739 bits per heavy atom. The zero-order chi connectivity index (χ0) is 32.7. The van der Waals surface area contributed by atoms with Crippen molar-refractivity contribution in [3.05, 3.63) is 97.8 Å². The highest BCUT2D eigenvalue weighted by Gasteiger charge is 2.37. The molecule has 1 aliphatic carbocycles. The van der Waals surface area contributed by atoms with Crippen LogP contribution in [0.1, 0.15) is 43.7 Å². The molecule has 2 heterocycles. The Hall–Kier alpha value is -5.90. The number of hydrogen-bond donors (Lipinski definition) is 6. The van der Waals surface area contributed by atoms with Crippen LogP contribution in [-0.4, -0.2) is 30.6 Å². The molecular formula is C36H28O10. The molecule has 0 unspecified atom stereocenters. The second kappa shape index (κ2) is 10.1. The van der Waals surface area contributed by atoms with E-state index in [9.17, 15) is 40.2 Å². The van der Waals surface area contributed by atoms with Crippen molar-refractivity contribution in [3.8, 4) is 34.5 Å². The maximum absolute atomic E-state index is 13.3. The fraction of sp³-hybridized carbons (Fsp3) is 0.167. The summed E-state index contributed by atoms with van der Waals surface area (Å²) in [6.07, 6.45) is 6.57. The molecular weight excluding hydrogens is 592 g/mol. The Morgan fingerprint density at radius 2 is 1.28 bits per heavy atom. The lowest BCUT2D eigenvalue weighted by Crippen LogP contribution is -2.26. The first-order valence-electron chi connectivity index (χ1n) is 14.5. The second-order valence-electron chi connectivity index (χ2n) is 12.1. The summed E-state index contributed by atoms with van der Waals surface area (Å²) in [6, 6.07) is 11.1. The number of benzene rings is 4. The highest BCUT2D eigenvalue weighted by atomic mass is 16.4. The van der Waals surface area contributed by atoms with Crippen LogP contribution in [0.5, 0.6) is 34.5 Å². The van der Waals surface area contributed by atoms with Gasteiger partial charge in [0.2, 0.25) is 10.9 Å². The van der Waals surface area contributed by atoms with Crippen molar-refractivity contribution in [2.24, 2.45) is 5.41 Å². The maximum atomic E-state index is 13.3. The summed E-state index contributed by atoms with van der Waals surface area (Å²) in [5.41, 5.74) is -1.36. The van der Waals surface area contributed by atoms with Crippen molar-refractivity contribution in [1.82, 2.24) is 0 Å². The number of phenols is 6. The third kappa shape index (κ3) is 4.17. The molecule has 7 rings (SSSR count). The number of para-hydroxylation sites is 2. The van der Waals surface area contributed by atoms with Crippen LogP contribution in [-0.2, 0) is 0 Å². The van der Waals surface area contributed by atoms with Crippen LogP contribution >= 0.6 is 0 Å². The summed E-state index contributed by atoms with van der Waals surface area (Å²) in [5.74, 6) is -2.76. The molecule has 0 radical (unpaired) electrons. The predicted octanol–water partition coefficient (Wildman–Crippen LogP) is 6.98. The molecule has 0 saturated heterocycles. The first-order valence-corrected chi connectivity index (χ1v) is 14.5. The smallest absolute Gasteiger partial charge is 0.204 e. The number of hydrogen-bond acceptors (Lipinski definition) is 10. The molecule has 10 heteroatoms. The second-order valence-corrected chi connectivity index (χ2v) is 12.1. The Balaban J connectivity index is 1.39. The minimum Gasteiger partial charge on any atom is -0.507 e. The van der Waals surface area contributed by atoms with Crippen LogP contribution in [0, 0.1) is 5.41 Å². The number of aromatic hydroxyl groups is 6. The van der Waals surface area contributed by atoms with Crippen LogP contribution in [0.25, 0.3) is 50.0 Å². The zero-order valence-corrected chi connectivity index (χ0v) is 24.7. The van der Waals surface area contributed by atoms with E-state index in [0.29, 0.717) is 12.8 Å². The van der Waals surface area contributed by atoms with Crippen molar-refractivity contribution in [2.45, 2.75) is 32.6 Å². The van der Waals surface area contributed by atoms with Crippen LogP contribution < -0.4 is 10.9 Å². The molecule has 0 fully saturated rings. The van der Waals surface area contributed by atoms with Gasteiger partial charge in [-0.1, -0.05) is 42.9 Å². The van der Waals surface area contributed by atoms with Gasteiger partial charge in [0.05, 0.1) is 10.8 Å². The quantitative estimate of drug-likeness (QED) is 0.0686. The largest absolute Gasteiger partial charge is 0.507 e. The van der Waals surface area contributed by atoms with Crippen LogP contribution in [0.15, 0.2) is 84.7 Å². The van der Waals surface area contributed by atoms with Crippen molar-refractivity contribution in [3.63, 3.8) is 0 Å². The third-order valence-electron chi connectivity index (χ3n) is 9.07. The number of allylic oxidation sites excluding steroid dienone is 3. The van der Waals surface area contributed by atoms with Gasteiger partial charge in [-0.3, -0.25) is 9.59 Å². The van der Waals surface area contributed by atoms with Gasteiger partial charge in [-0.25, -0.2) is 0 Å². The molecule has 2 aromatic heterocycles. The summed E-state index contributed by atoms with van der Waals surface area (Å²) in [4.78, 5) is 26.4. The average molecular weight is 621 g/mol. The van der Waals surface area contributed by atoms with E-state index in [1.165, 1.54) is 48.5 Å². The van der Waals surface area contributed by atoms with E-state index in [4.69, 9.17) is 8.83 Å². The van der Waals surface area contributed by atoms with Gasteiger partial charge in [-0.15, -0.1) is 0 Å². The molecule has 1 aliphatic rings. The van der Waals surface area contributed by atoms with Gasteiger partial charge in [0.25, 0.3) is 0 Å². The lowest BCUT2D eigenvalue weighted by molar-refractivity contribution is 0.325. The van der Waals surface area contributed by atoms with Gasteiger partial charge in [0.15, 0.2) is 45.3 Å². The number of rotatable bonds is 3. The minimum atomic E-state index is -0.754. The van der Waals surface area contributed by atoms with Gasteiger partial charge < -0.3 is 39.5 Å². The Morgan fingerprint density at radius 3 is 1.87 bits per heavy atom. The SMILES string of the molecule is CC1=C[C@@H](c2cc(O)c3c(=O)c4cccc(O)c4oc3c2O)[C@](C)(/C=C/c2cc(O)c3c(=O)c4cccc(O)c4oc3c2O)CC1. The summed E-state index contributed by atoms with van der Waals surface area (Å²) < 4.78 is 11.6. The maximum Gasteiger partial charge on any atom is 0.204 e. The molecule has 6 aromatic rings. The summed E-state index contributed by atoms with van der Waals surface area (Å²) >= 11 is 0. The molecule has 0 saturated carbocycles. The molecule has 46 heavy (non-hydrogen) atoms. The number of fused-ring (bicyclic) bond motifs is 4.